The van der Waals surface area contributed by atoms with Gasteiger partial charge in [-0.1, -0.05) is 24.8 Å². The summed E-state index contributed by atoms with van der Waals surface area (Å²) in [4.78, 5) is 4.51. The molecule has 5 nitrogen and oxygen atoms in total. The zero-order valence-corrected chi connectivity index (χ0v) is 11.3. The van der Waals surface area contributed by atoms with Crippen molar-refractivity contribution in [2.75, 3.05) is 11.9 Å². The van der Waals surface area contributed by atoms with Gasteiger partial charge in [0.2, 0.25) is 5.89 Å². The molecular weight excluding hydrogens is 248 g/mol. The van der Waals surface area contributed by atoms with E-state index in [0.29, 0.717) is 11.1 Å². The molecule has 0 aliphatic carbocycles. The fraction of sp³-hybridized carbons (Fsp3) is 0.417. The van der Waals surface area contributed by atoms with E-state index in [1.54, 1.807) is 6.92 Å². The maximum Gasteiger partial charge on any atom is 0.276 e. The Morgan fingerprint density at radius 3 is 2.94 bits per heavy atom. The van der Waals surface area contributed by atoms with E-state index in [1.807, 2.05) is 18.2 Å². The van der Waals surface area contributed by atoms with Crippen molar-refractivity contribution in [2.45, 2.75) is 31.2 Å². The van der Waals surface area contributed by atoms with Crippen molar-refractivity contribution in [1.29, 1.82) is 0 Å². The van der Waals surface area contributed by atoms with Crippen LogP contribution in [0.3, 0.4) is 0 Å². The van der Waals surface area contributed by atoms with Crippen LogP contribution in [0, 0.1) is 6.92 Å². The number of rotatable bonds is 6. The predicted molar refractivity (Wildman–Crippen MR) is 71.6 cm³/mol. The second-order valence-corrected chi connectivity index (χ2v) is 4.74. The number of thioether (sulfide) groups is 1. The highest BCUT2D eigenvalue weighted by atomic mass is 32.2. The molecule has 0 unspecified atom stereocenters. The molecule has 2 aromatic rings. The summed E-state index contributed by atoms with van der Waals surface area (Å²) in [5.41, 5.74) is 0.997. The van der Waals surface area contributed by atoms with Crippen LogP contribution < -0.4 is 5.32 Å². The lowest BCUT2D eigenvalue weighted by molar-refractivity contribution is 0.429. The lowest BCUT2D eigenvalue weighted by atomic mass is 10.3. The number of aromatic nitrogens is 3. The third-order valence-electron chi connectivity index (χ3n) is 2.21. The van der Waals surface area contributed by atoms with E-state index in [2.05, 4.69) is 27.4 Å². The molecule has 2 aromatic heterocycles. The SMILES string of the molecule is CCCNc1cccc(CSc2nnc(C)o2)n1. The first-order valence-corrected chi connectivity index (χ1v) is 6.89. The highest BCUT2D eigenvalue weighted by molar-refractivity contribution is 7.98. The minimum absolute atomic E-state index is 0.584. The highest BCUT2D eigenvalue weighted by Gasteiger charge is 2.04. The normalized spacial score (nSPS) is 10.6. The van der Waals surface area contributed by atoms with Gasteiger partial charge in [-0.2, -0.15) is 0 Å². The van der Waals surface area contributed by atoms with Crippen LogP contribution in [0.5, 0.6) is 0 Å². The number of pyridine rings is 1. The summed E-state index contributed by atoms with van der Waals surface area (Å²) in [5.74, 6) is 2.23. The zero-order valence-electron chi connectivity index (χ0n) is 10.5. The van der Waals surface area contributed by atoms with Crippen molar-refractivity contribution in [3.63, 3.8) is 0 Å². The molecule has 0 saturated carbocycles. The van der Waals surface area contributed by atoms with Gasteiger partial charge in [-0.05, 0) is 18.6 Å². The van der Waals surface area contributed by atoms with Crippen molar-refractivity contribution >= 4 is 17.6 Å². The minimum Gasteiger partial charge on any atom is -0.416 e. The molecule has 0 radical (unpaired) electrons. The molecule has 0 aliphatic rings. The van der Waals surface area contributed by atoms with Crippen LogP contribution in [0.25, 0.3) is 0 Å². The standard InChI is InChI=1S/C12H16N4OS/c1-3-7-13-11-6-4-5-10(14-11)8-18-12-16-15-9(2)17-12/h4-6H,3,7-8H2,1-2H3,(H,13,14). The van der Waals surface area contributed by atoms with Crippen LogP contribution in [0.4, 0.5) is 5.82 Å². The Hall–Kier alpha value is -1.56. The first-order chi connectivity index (χ1) is 8.78. The van der Waals surface area contributed by atoms with Gasteiger partial charge in [-0.3, -0.25) is 0 Å². The van der Waals surface area contributed by atoms with Gasteiger partial charge in [0.25, 0.3) is 5.22 Å². The van der Waals surface area contributed by atoms with Gasteiger partial charge in [-0.15, -0.1) is 10.2 Å². The maximum atomic E-state index is 5.30. The van der Waals surface area contributed by atoms with Crippen LogP contribution in [-0.2, 0) is 5.75 Å². The van der Waals surface area contributed by atoms with E-state index in [0.717, 1.165) is 30.2 Å². The zero-order chi connectivity index (χ0) is 12.8. The van der Waals surface area contributed by atoms with Crippen molar-refractivity contribution in [3.8, 4) is 0 Å². The fourth-order valence-electron chi connectivity index (χ4n) is 1.38. The molecule has 6 heteroatoms. The Morgan fingerprint density at radius 2 is 2.22 bits per heavy atom. The van der Waals surface area contributed by atoms with E-state index in [4.69, 9.17) is 4.42 Å². The summed E-state index contributed by atoms with van der Waals surface area (Å²) in [6.45, 7) is 4.85. The molecule has 0 aromatic carbocycles. The molecule has 0 spiro atoms. The van der Waals surface area contributed by atoms with E-state index in [9.17, 15) is 0 Å². The Bertz CT molecular complexity index is 500. The summed E-state index contributed by atoms with van der Waals surface area (Å²) in [7, 11) is 0. The number of hydrogen-bond donors (Lipinski definition) is 1. The lowest BCUT2D eigenvalue weighted by Crippen LogP contribution is -2.02. The Balaban J connectivity index is 1.92. The van der Waals surface area contributed by atoms with Gasteiger partial charge in [0.05, 0.1) is 5.69 Å². The average Bonchev–Trinajstić information content (AvgIpc) is 2.80. The third-order valence-corrected chi connectivity index (χ3v) is 3.07. The third kappa shape index (κ3) is 3.73. The molecule has 0 saturated heterocycles. The van der Waals surface area contributed by atoms with Gasteiger partial charge in [0.1, 0.15) is 5.82 Å². The van der Waals surface area contributed by atoms with E-state index in [1.165, 1.54) is 11.8 Å². The lowest BCUT2D eigenvalue weighted by Gasteiger charge is -2.05. The molecular formula is C12H16N4OS. The van der Waals surface area contributed by atoms with Crippen LogP contribution in [0.1, 0.15) is 24.9 Å². The van der Waals surface area contributed by atoms with Crippen LogP contribution in [0.15, 0.2) is 27.8 Å². The molecule has 0 fully saturated rings. The van der Waals surface area contributed by atoms with Gasteiger partial charge < -0.3 is 9.73 Å². The van der Waals surface area contributed by atoms with E-state index < -0.39 is 0 Å². The topological polar surface area (TPSA) is 63.8 Å². The number of nitrogens with zero attached hydrogens (tertiary/aromatic N) is 3. The number of nitrogens with one attached hydrogen (secondary N) is 1. The van der Waals surface area contributed by atoms with E-state index >= 15 is 0 Å². The first kappa shape index (κ1) is 12.9. The molecule has 18 heavy (non-hydrogen) atoms. The van der Waals surface area contributed by atoms with Crippen LogP contribution in [-0.4, -0.2) is 21.7 Å². The van der Waals surface area contributed by atoms with Crippen molar-refractivity contribution in [3.05, 3.63) is 29.8 Å². The fourth-order valence-corrected chi connectivity index (χ4v) is 2.09. The van der Waals surface area contributed by atoms with Crippen molar-refractivity contribution < 1.29 is 4.42 Å². The van der Waals surface area contributed by atoms with E-state index in [-0.39, 0.29) is 0 Å². The molecule has 2 rings (SSSR count). The highest BCUT2D eigenvalue weighted by Crippen LogP contribution is 2.20. The molecule has 2 heterocycles. The van der Waals surface area contributed by atoms with Gasteiger partial charge in [0, 0.05) is 19.2 Å². The monoisotopic (exact) mass is 264 g/mol. The number of anilines is 1. The number of hydrogen-bond acceptors (Lipinski definition) is 6. The van der Waals surface area contributed by atoms with Crippen LogP contribution in [0.2, 0.25) is 0 Å². The maximum absolute atomic E-state index is 5.30. The average molecular weight is 264 g/mol. The van der Waals surface area contributed by atoms with Crippen LogP contribution >= 0.6 is 11.8 Å². The summed E-state index contributed by atoms with van der Waals surface area (Å²) in [6, 6.07) is 5.97. The second kappa shape index (κ2) is 6.39. The minimum atomic E-state index is 0.584. The Morgan fingerprint density at radius 1 is 1.33 bits per heavy atom. The Labute approximate surface area is 110 Å². The summed E-state index contributed by atoms with van der Waals surface area (Å²) < 4.78 is 5.30. The van der Waals surface area contributed by atoms with Gasteiger partial charge in [-0.25, -0.2) is 4.98 Å². The van der Waals surface area contributed by atoms with Crippen molar-refractivity contribution in [1.82, 2.24) is 15.2 Å². The smallest absolute Gasteiger partial charge is 0.276 e. The first-order valence-electron chi connectivity index (χ1n) is 5.90. The van der Waals surface area contributed by atoms with Gasteiger partial charge >= 0.3 is 0 Å². The summed E-state index contributed by atoms with van der Waals surface area (Å²) in [5, 5.41) is 11.6. The molecule has 0 amide bonds. The van der Waals surface area contributed by atoms with Crippen molar-refractivity contribution in [2.24, 2.45) is 0 Å². The predicted octanol–water partition coefficient (Wildman–Crippen LogP) is 2.89. The van der Waals surface area contributed by atoms with Gasteiger partial charge in [0.15, 0.2) is 0 Å². The Kier molecular flexibility index (Phi) is 4.58. The quantitative estimate of drug-likeness (QED) is 0.809. The largest absolute Gasteiger partial charge is 0.416 e. The molecule has 0 atom stereocenters. The summed E-state index contributed by atoms with van der Waals surface area (Å²) in [6.07, 6.45) is 1.09. The molecule has 96 valence electrons. The molecule has 1 N–H and O–H groups in total. The number of aryl methyl sites for hydroxylation is 1. The molecule has 0 bridgehead atoms. The molecule has 0 aliphatic heterocycles. The summed E-state index contributed by atoms with van der Waals surface area (Å²) >= 11 is 1.50. The second-order valence-electron chi connectivity index (χ2n) is 3.82.